The van der Waals surface area contributed by atoms with Crippen LogP contribution in [0.3, 0.4) is 0 Å². The number of anilines is 1. The van der Waals surface area contributed by atoms with Crippen LogP contribution in [0.15, 0.2) is 6.20 Å². The van der Waals surface area contributed by atoms with Gasteiger partial charge in [0.05, 0.1) is 6.20 Å². The third-order valence-corrected chi connectivity index (χ3v) is 1.72. The third kappa shape index (κ3) is 1.51. The van der Waals surface area contributed by atoms with Gasteiger partial charge < -0.3 is 5.21 Å². The second kappa shape index (κ2) is 3.27. The Labute approximate surface area is 76.0 Å². The van der Waals surface area contributed by atoms with Crippen LogP contribution >= 0.6 is 0 Å². The molecule has 0 amide bonds. The van der Waals surface area contributed by atoms with Crippen molar-refractivity contribution in [3.63, 3.8) is 0 Å². The summed E-state index contributed by atoms with van der Waals surface area (Å²) in [4.78, 5) is 3.77. The maximum absolute atomic E-state index is 11.4. The van der Waals surface area contributed by atoms with Crippen LogP contribution in [-0.2, 0) is 0 Å². The smallest absolute Gasteiger partial charge is 0.313 e. The molecule has 0 atom stereocenters. The average Bonchev–Trinajstić information content (AvgIpc) is 2.09. The minimum absolute atomic E-state index is 0.0283. The van der Waals surface area contributed by atoms with E-state index >= 15 is 0 Å². The Morgan fingerprint density at radius 1 is 1.69 bits per heavy atom. The Bertz CT molecular complexity index is 367. The molecule has 0 unspecified atom stereocenters. The van der Waals surface area contributed by atoms with E-state index in [0.29, 0.717) is 10.4 Å². The Hall–Kier alpha value is -1.83. The van der Waals surface area contributed by atoms with E-state index in [1.165, 1.54) is 6.20 Å². The van der Waals surface area contributed by atoms with Crippen molar-refractivity contribution in [2.45, 2.75) is 19.8 Å². The Morgan fingerprint density at radius 3 is 2.77 bits per heavy atom. The van der Waals surface area contributed by atoms with Gasteiger partial charge in [-0.2, -0.15) is 5.26 Å². The normalized spacial score (nSPS) is 10.0. The molecule has 5 nitrogen and oxygen atoms in total. The highest BCUT2D eigenvalue weighted by Gasteiger charge is 2.14. The molecule has 2 N–H and O–H groups in total. The van der Waals surface area contributed by atoms with Crippen molar-refractivity contribution in [3.8, 4) is 6.07 Å². The van der Waals surface area contributed by atoms with E-state index in [4.69, 9.17) is 11.0 Å². The monoisotopic (exact) mass is 178 g/mol. The van der Waals surface area contributed by atoms with Crippen molar-refractivity contribution >= 4 is 5.82 Å². The molecule has 0 fully saturated rings. The Balaban J connectivity index is 3.33. The Kier molecular flexibility index (Phi) is 2.33. The Morgan fingerprint density at radius 2 is 2.31 bits per heavy atom. The van der Waals surface area contributed by atoms with Crippen LogP contribution in [0.4, 0.5) is 5.82 Å². The molecular formula is C8H10N4O. The van der Waals surface area contributed by atoms with Gasteiger partial charge in [-0.05, 0) is 0 Å². The molecule has 1 heterocycles. The molecule has 0 radical (unpaired) electrons. The summed E-state index contributed by atoms with van der Waals surface area (Å²) in [7, 11) is 0. The lowest BCUT2D eigenvalue weighted by atomic mass is 10.1. The lowest BCUT2D eigenvalue weighted by Gasteiger charge is -2.13. The predicted octanol–water partition coefficient (Wildman–Crippen LogP) is 0.292. The highest BCUT2D eigenvalue weighted by atomic mass is 16.5. The van der Waals surface area contributed by atoms with E-state index in [2.05, 4.69) is 4.98 Å². The van der Waals surface area contributed by atoms with Gasteiger partial charge in [0.25, 0.3) is 0 Å². The number of hydrogen-bond acceptors (Lipinski definition) is 4. The molecule has 0 saturated carbocycles. The SMILES string of the molecule is CC(C)c1cnc(C#N)c(N)[n+]1[O-]. The molecule has 0 bridgehead atoms. The fraction of sp³-hybridized carbons (Fsp3) is 0.375. The summed E-state index contributed by atoms with van der Waals surface area (Å²) in [5, 5.41) is 19.9. The summed E-state index contributed by atoms with van der Waals surface area (Å²) >= 11 is 0. The van der Waals surface area contributed by atoms with Gasteiger partial charge in [0.15, 0.2) is 0 Å². The summed E-state index contributed by atoms with van der Waals surface area (Å²) in [5.74, 6) is -0.0891. The topological polar surface area (TPSA) is 89.6 Å². The van der Waals surface area contributed by atoms with Gasteiger partial charge in [0.1, 0.15) is 11.8 Å². The van der Waals surface area contributed by atoms with Crippen LogP contribution < -0.4 is 10.5 Å². The lowest BCUT2D eigenvalue weighted by molar-refractivity contribution is -0.600. The first kappa shape index (κ1) is 9.26. The van der Waals surface area contributed by atoms with Gasteiger partial charge in [-0.1, -0.05) is 13.8 Å². The number of nitrogens with two attached hydrogens (primary N) is 1. The molecule has 0 aliphatic rings. The predicted molar refractivity (Wildman–Crippen MR) is 46.4 cm³/mol. The van der Waals surface area contributed by atoms with E-state index in [1.807, 2.05) is 13.8 Å². The van der Waals surface area contributed by atoms with Crippen molar-refractivity contribution in [1.82, 2.24) is 4.98 Å². The minimum atomic E-state index is -0.131. The molecule has 13 heavy (non-hydrogen) atoms. The van der Waals surface area contributed by atoms with Crippen LogP contribution in [0, 0.1) is 16.5 Å². The minimum Gasteiger partial charge on any atom is -0.710 e. The second-order valence-corrected chi connectivity index (χ2v) is 2.98. The largest absolute Gasteiger partial charge is 0.710 e. The summed E-state index contributed by atoms with van der Waals surface area (Å²) in [6.45, 7) is 3.72. The molecule has 5 heteroatoms. The number of nitriles is 1. The van der Waals surface area contributed by atoms with E-state index in [-0.39, 0.29) is 17.4 Å². The van der Waals surface area contributed by atoms with Crippen LogP contribution in [0.5, 0.6) is 0 Å². The van der Waals surface area contributed by atoms with Gasteiger partial charge in [0, 0.05) is 5.92 Å². The molecule has 1 aromatic rings. The zero-order chi connectivity index (χ0) is 10.0. The summed E-state index contributed by atoms with van der Waals surface area (Å²) in [5.41, 5.74) is 5.84. The molecule has 1 aromatic heterocycles. The number of nitrogen functional groups attached to an aromatic ring is 1. The maximum Gasteiger partial charge on any atom is 0.313 e. The zero-order valence-corrected chi connectivity index (χ0v) is 7.48. The van der Waals surface area contributed by atoms with Gasteiger partial charge in [-0.3, -0.25) is 5.73 Å². The summed E-state index contributed by atoms with van der Waals surface area (Å²) in [6, 6.07) is 1.75. The quantitative estimate of drug-likeness (QED) is 0.494. The van der Waals surface area contributed by atoms with Gasteiger partial charge >= 0.3 is 5.82 Å². The summed E-state index contributed by atoms with van der Waals surface area (Å²) in [6.07, 6.45) is 1.38. The fourth-order valence-corrected chi connectivity index (χ4v) is 0.954. The van der Waals surface area contributed by atoms with E-state index in [9.17, 15) is 5.21 Å². The van der Waals surface area contributed by atoms with Crippen LogP contribution in [-0.4, -0.2) is 4.98 Å². The molecule has 0 saturated heterocycles. The van der Waals surface area contributed by atoms with Gasteiger partial charge in [0.2, 0.25) is 5.69 Å². The first-order valence-corrected chi connectivity index (χ1v) is 3.86. The van der Waals surface area contributed by atoms with E-state index in [1.54, 1.807) is 6.07 Å². The number of nitrogens with zero attached hydrogens (tertiary/aromatic N) is 3. The van der Waals surface area contributed by atoms with Crippen molar-refractivity contribution < 1.29 is 4.73 Å². The molecule has 68 valence electrons. The molecule has 1 rings (SSSR count). The van der Waals surface area contributed by atoms with Crippen LogP contribution in [0.2, 0.25) is 0 Å². The first-order chi connectivity index (χ1) is 6.07. The second-order valence-electron chi connectivity index (χ2n) is 2.98. The molecule has 0 aliphatic heterocycles. The van der Waals surface area contributed by atoms with Gasteiger partial charge in [-0.15, -0.1) is 0 Å². The zero-order valence-electron chi connectivity index (χ0n) is 7.48. The van der Waals surface area contributed by atoms with Crippen LogP contribution in [0.1, 0.15) is 31.2 Å². The van der Waals surface area contributed by atoms with Crippen molar-refractivity contribution in [2.24, 2.45) is 0 Å². The fourth-order valence-electron chi connectivity index (χ4n) is 0.954. The lowest BCUT2D eigenvalue weighted by Crippen LogP contribution is -2.37. The highest BCUT2D eigenvalue weighted by molar-refractivity contribution is 5.38. The maximum atomic E-state index is 11.4. The molecular weight excluding hydrogens is 168 g/mol. The van der Waals surface area contributed by atoms with Crippen molar-refractivity contribution in [3.05, 3.63) is 22.8 Å². The first-order valence-electron chi connectivity index (χ1n) is 3.86. The molecule has 0 spiro atoms. The standard InChI is InChI=1S/C8H10N4O/c1-5(2)7-4-11-6(3-9)8(10)12(7)13/h4-5H,10H2,1-2H3. The highest BCUT2D eigenvalue weighted by Crippen LogP contribution is 2.10. The summed E-state index contributed by atoms with van der Waals surface area (Å²) < 4.78 is 0.552. The molecule has 0 aromatic carbocycles. The number of hydrogen-bond donors (Lipinski definition) is 1. The number of rotatable bonds is 1. The molecule has 0 aliphatic carbocycles. The van der Waals surface area contributed by atoms with E-state index < -0.39 is 0 Å². The average molecular weight is 178 g/mol. The third-order valence-electron chi connectivity index (χ3n) is 1.72. The van der Waals surface area contributed by atoms with Gasteiger partial charge in [-0.25, -0.2) is 9.71 Å². The van der Waals surface area contributed by atoms with Crippen molar-refractivity contribution in [1.29, 1.82) is 5.26 Å². The van der Waals surface area contributed by atoms with E-state index in [0.717, 1.165) is 0 Å². The van der Waals surface area contributed by atoms with Crippen molar-refractivity contribution in [2.75, 3.05) is 5.73 Å². The van der Waals surface area contributed by atoms with Crippen LogP contribution in [0.25, 0.3) is 0 Å². The number of aromatic nitrogens is 2.